The molecule has 4 heteroatoms. The smallest absolute Gasteiger partial charge is 0.255 e. The molecule has 1 amide bonds. The van der Waals surface area contributed by atoms with Crippen molar-refractivity contribution in [3.05, 3.63) is 52.3 Å². The van der Waals surface area contributed by atoms with Crippen LogP contribution < -0.4 is 10.9 Å². The number of carbonyl (C=O) groups excluding carboxylic acids is 1. The monoisotopic (exact) mass is 270 g/mol. The Bertz CT molecular complexity index is 721. The van der Waals surface area contributed by atoms with Gasteiger partial charge in [0.1, 0.15) is 0 Å². The maximum Gasteiger partial charge on any atom is 0.255 e. The third kappa shape index (κ3) is 3.57. The van der Waals surface area contributed by atoms with Crippen LogP contribution >= 0.6 is 0 Å². The molecule has 0 radical (unpaired) electrons. The summed E-state index contributed by atoms with van der Waals surface area (Å²) in [6, 6.07) is 9.30. The molecule has 20 heavy (non-hydrogen) atoms. The van der Waals surface area contributed by atoms with E-state index in [0.717, 1.165) is 10.9 Å². The maximum atomic E-state index is 11.9. The fourth-order valence-electron chi connectivity index (χ4n) is 1.86. The van der Waals surface area contributed by atoms with E-state index in [9.17, 15) is 9.59 Å². The summed E-state index contributed by atoms with van der Waals surface area (Å²) in [5.74, 6) is -0.218. The number of fused-ring (bicyclic) bond motifs is 1. The van der Waals surface area contributed by atoms with Gasteiger partial charge >= 0.3 is 0 Å². The van der Waals surface area contributed by atoms with Gasteiger partial charge in [-0.1, -0.05) is 18.2 Å². The van der Waals surface area contributed by atoms with Gasteiger partial charge in [-0.2, -0.15) is 0 Å². The molecule has 2 N–H and O–H groups in total. The zero-order valence-corrected chi connectivity index (χ0v) is 11.9. The van der Waals surface area contributed by atoms with E-state index in [2.05, 4.69) is 10.3 Å². The summed E-state index contributed by atoms with van der Waals surface area (Å²) in [5, 5.41) is 3.74. The lowest BCUT2D eigenvalue weighted by Crippen LogP contribution is -2.39. The second-order valence-electron chi connectivity index (χ2n) is 5.71. The average molecular weight is 270 g/mol. The van der Waals surface area contributed by atoms with E-state index >= 15 is 0 Å². The molecule has 0 spiro atoms. The molecular weight excluding hydrogens is 252 g/mol. The predicted molar refractivity (Wildman–Crippen MR) is 81.5 cm³/mol. The number of nitrogens with one attached hydrogen (secondary N) is 2. The number of para-hydroxylation sites is 1. The number of rotatable bonds is 2. The van der Waals surface area contributed by atoms with Crippen molar-refractivity contribution in [1.29, 1.82) is 0 Å². The van der Waals surface area contributed by atoms with Gasteiger partial charge in [0.05, 0.1) is 0 Å². The van der Waals surface area contributed by atoms with E-state index < -0.39 is 0 Å². The van der Waals surface area contributed by atoms with Crippen LogP contribution in [0.15, 0.2) is 41.2 Å². The van der Waals surface area contributed by atoms with Crippen LogP contribution in [-0.4, -0.2) is 16.4 Å². The van der Waals surface area contributed by atoms with Gasteiger partial charge in [-0.3, -0.25) is 9.59 Å². The van der Waals surface area contributed by atoms with Crippen LogP contribution in [0.3, 0.4) is 0 Å². The summed E-state index contributed by atoms with van der Waals surface area (Å²) in [5.41, 5.74) is 0.752. The van der Waals surface area contributed by atoms with Crippen molar-refractivity contribution in [2.45, 2.75) is 26.3 Å². The first-order chi connectivity index (χ1) is 9.35. The van der Waals surface area contributed by atoms with Crippen LogP contribution in [0.25, 0.3) is 17.0 Å². The average Bonchev–Trinajstić information content (AvgIpc) is 2.34. The summed E-state index contributed by atoms with van der Waals surface area (Å²) in [6.07, 6.45) is 2.91. The molecule has 0 fully saturated rings. The molecule has 0 saturated heterocycles. The topological polar surface area (TPSA) is 62.0 Å². The third-order valence-electron chi connectivity index (χ3n) is 2.69. The molecule has 104 valence electrons. The molecule has 1 heterocycles. The Morgan fingerprint density at radius 3 is 2.65 bits per heavy atom. The van der Waals surface area contributed by atoms with E-state index in [1.807, 2.05) is 45.0 Å². The highest BCUT2D eigenvalue weighted by Gasteiger charge is 2.11. The first kappa shape index (κ1) is 14.1. The summed E-state index contributed by atoms with van der Waals surface area (Å²) in [7, 11) is 0. The molecule has 1 aromatic heterocycles. The van der Waals surface area contributed by atoms with Crippen LogP contribution in [0.1, 0.15) is 26.3 Å². The molecule has 1 aromatic carbocycles. The third-order valence-corrected chi connectivity index (χ3v) is 2.69. The minimum absolute atomic E-state index is 0.205. The van der Waals surface area contributed by atoms with E-state index in [1.165, 1.54) is 12.2 Å². The second-order valence-corrected chi connectivity index (χ2v) is 5.71. The molecule has 2 aromatic rings. The number of hydrogen-bond donors (Lipinski definition) is 2. The number of aromatic nitrogens is 1. The molecule has 0 aliphatic heterocycles. The highest BCUT2D eigenvalue weighted by atomic mass is 16.1. The van der Waals surface area contributed by atoms with Crippen molar-refractivity contribution in [1.82, 2.24) is 10.3 Å². The standard InChI is InChI=1S/C16H18N2O2/c1-16(2,3)18-14(19)9-8-12-10-11-6-4-5-7-13(11)17-15(12)20/h4-10H,1-3H3,(H,17,20)(H,18,19)/b9-8+. The van der Waals surface area contributed by atoms with Crippen LogP contribution in [0.2, 0.25) is 0 Å². The number of pyridine rings is 1. The lowest BCUT2D eigenvalue weighted by Gasteiger charge is -2.18. The lowest BCUT2D eigenvalue weighted by molar-refractivity contribution is -0.117. The van der Waals surface area contributed by atoms with Crippen molar-refractivity contribution in [2.24, 2.45) is 0 Å². The van der Waals surface area contributed by atoms with Gasteiger partial charge in [-0.15, -0.1) is 0 Å². The summed E-state index contributed by atoms with van der Waals surface area (Å²) < 4.78 is 0. The number of carbonyl (C=O) groups is 1. The van der Waals surface area contributed by atoms with E-state index in [-0.39, 0.29) is 17.0 Å². The summed E-state index contributed by atoms with van der Waals surface area (Å²) in [4.78, 5) is 26.4. The number of hydrogen-bond acceptors (Lipinski definition) is 2. The zero-order valence-electron chi connectivity index (χ0n) is 11.9. The van der Waals surface area contributed by atoms with Gasteiger partial charge in [0, 0.05) is 22.7 Å². The van der Waals surface area contributed by atoms with Crippen molar-refractivity contribution >= 4 is 22.9 Å². The minimum atomic E-state index is -0.294. The first-order valence-electron chi connectivity index (χ1n) is 6.47. The number of benzene rings is 1. The Kier molecular flexibility index (Phi) is 3.74. The Balaban J connectivity index is 2.27. The molecular formula is C16H18N2O2. The summed E-state index contributed by atoms with van der Waals surface area (Å²) >= 11 is 0. The largest absolute Gasteiger partial charge is 0.348 e. The highest BCUT2D eigenvalue weighted by molar-refractivity contribution is 5.92. The number of amides is 1. The lowest BCUT2D eigenvalue weighted by atomic mass is 10.1. The van der Waals surface area contributed by atoms with E-state index in [4.69, 9.17) is 0 Å². The molecule has 0 saturated carbocycles. The Hall–Kier alpha value is -2.36. The molecule has 0 unspecified atom stereocenters. The van der Waals surface area contributed by atoms with Crippen LogP contribution in [-0.2, 0) is 4.79 Å². The van der Waals surface area contributed by atoms with Crippen LogP contribution in [0.4, 0.5) is 0 Å². The summed E-state index contributed by atoms with van der Waals surface area (Å²) in [6.45, 7) is 5.71. The quantitative estimate of drug-likeness (QED) is 0.823. The molecule has 2 rings (SSSR count). The van der Waals surface area contributed by atoms with Crippen LogP contribution in [0.5, 0.6) is 0 Å². The van der Waals surface area contributed by atoms with Crippen molar-refractivity contribution in [2.75, 3.05) is 0 Å². The number of aromatic amines is 1. The van der Waals surface area contributed by atoms with Crippen LogP contribution in [0, 0.1) is 0 Å². The first-order valence-corrected chi connectivity index (χ1v) is 6.47. The van der Waals surface area contributed by atoms with Crippen molar-refractivity contribution in [3.8, 4) is 0 Å². The zero-order chi connectivity index (χ0) is 14.8. The molecule has 0 atom stereocenters. The normalized spacial score (nSPS) is 11.9. The SMILES string of the molecule is CC(C)(C)NC(=O)/C=C/c1cc2ccccc2[nH]c1=O. The van der Waals surface area contributed by atoms with Crippen molar-refractivity contribution in [3.63, 3.8) is 0 Å². The fourth-order valence-corrected chi connectivity index (χ4v) is 1.86. The van der Waals surface area contributed by atoms with Gasteiger partial charge < -0.3 is 10.3 Å². The highest BCUT2D eigenvalue weighted by Crippen LogP contribution is 2.10. The molecule has 0 bridgehead atoms. The maximum absolute atomic E-state index is 11.9. The second kappa shape index (κ2) is 5.33. The van der Waals surface area contributed by atoms with E-state index in [0.29, 0.717) is 5.56 Å². The molecule has 0 aliphatic carbocycles. The van der Waals surface area contributed by atoms with Gasteiger partial charge in [0.2, 0.25) is 5.91 Å². The minimum Gasteiger partial charge on any atom is -0.348 e. The van der Waals surface area contributed by atoms with Crippen molar-refractivity contribution < 1.29 is 4.79 Å². The van der Waals surface area contributed by atoms with Gasteiger partial charge in [0.15, 0.2) is 0 Å². The Labute approximate surface area is 117 Å². The Morgan fingerprint density at radius 2 is 1.95 bits per heavy atom. The number of H-pyrrole nitrogens is 1. The molecule has 0 aliphatic rings. The van der Waals surface area contributed by atoms with Gasteiger partial charge in [0.25, 0.3) is 5.56 Å². The predicted octanol–water partition coefficient (Wildman–Crippen LogP) is 2.46. The van der Waals surface area contributed by atoms with Gasteiger partial charge in [-0.25, -0.2) is 0 Å². The van der Waals surface area contributed by atoms with Gasteiger partial charge in [-0.05, 0) is 44.4 Å². The molecule has 4 nitrogen and oxygen atoms in total. The Morgan fingerprint density at radius 1 is 1.25 bits per heavy atom. The fraction of sp³-hybridized carbons (Fsp3) is 0.250. The van der Waals surface area contributed by atoms with E-state index in [1.54, 1.807) is 6.07 Å².